The molecule has 1 aromatic rings. The standard InChI is InChI=1S/C22H27F3N4O4/c1-3-11-28(12-16(30)26-15-8-7-14(23)18(24)19(15)25)17(31)13-29-20(32)22(27(2)21(29)33)9-5-4-6-10-22/h7-8H,3-6,9-13H2,1-2H3,(H,26,30). The van der Waals surface area contributed by atoms with Crippen LogP contribution in [0.25, 0.3) is 0 Å². The average Bonchev–Trinajstić information content (AvgIpc) is 2.96. The number of hydrogen-bond acceptors (Lipinski definition) is 4. The van der Waals surface area contributed by atoms with E-state index in [1.54, 1.807) is 14.0 Å². The molecule has 0 atom stereocenters. The first-order valence-electron chi connectivity index (χ1n) is 10.9. The van der Waals surface area contributed by atoms with Crippen molar-refractivity contribution in [2.24, 2.45) is 0 Å². The van der Waals surface area contributed by atoms with E-state index in [0.717, 1.165) is 35.1 Å². The Morgan fingerprint density at radius 2 is 1.76 bits per heavy atom. The SMILES string of the molecule is CCCN(CC(=O)Nc1ccc(F)c(F)c1F)C(=O)CN1C(=O)N(C)C2(CCCCC2)C1=O. The normalized spacial score (nSPS) is 17.6. The lowest BCUT2D eigenvalue weighted by Crippen LogP contribution is -2.50. The van der Waals surface area contributed by atoms with E-state index in [9.17, 15) is 32.3 Å². The molecule has 1 heterocycles. The van der Waals surface area contributed by atoms with Gasteiger partial charge >= 0.3 is 6.03 Å². The number of hydrogen-bond donors (Lipinski definition) is 1. The van der Waals surface area contributed by atoms with Crippen LogP contribution in [0.2, 0.25) is 0 Å². The topological polar surface area (TPSA) is 90.0 Å². The first kappa shape index (κ1) is 24.5. The smallest absolute Gasteiger partial charge is 0.327 e. The highest BCUT2D eigenvalue weighted by Crippen LogP contribution is 2.39. The minimum Gasteiger partial charge on any atom is -0.332 e. The first-order chi connectivity index (χ1) is 15.6. The Hall–Kier alpha value is -3.11. The Balaban J connectivity index is 1.69. The molecule has 1 aliphatic carbocycles. The molecule has 11 heteroatoms. The molecular weight excluding hydrogens is 441 g/mol. The van der Waals surface area contributed by atoms with Crippen LogP contribution >= 0.6 is 0 Å². The quantitative estimate of drug-likeness (QED) is 0.492. The predicted molar refractivity (Wildman–Crippen MR) is 113 cm³/mol. The third kappa shape index (κ3) is 4.67. The van der Waals surface area contributed by atoms with E-state index in [-0.39, 0.29) is 6.54 Å². The molecule has 2 fully saturated rings. The average molecular weight is 468 g/mol. The van der Waals surface area contributed by atoms with Gasteiger partial charge in [-0.2, -0.15) is 0 Å². The maximum Gasteiger partial charge on any atom is 0.327 e. The van der Waals surface area contributed by atoms with Gasteiger partial charge in [-0.05, 0) is 31.4 Å². The van der Waals surface area contributed by atoms with E-state index >= 15 is 0 Å². The van der Waals surface area contributed by atoms with E-state index < -0.39 is 65.5 Å². The lowest BCUT2D eigenvalue weighted by Gasteiger charge is -2.35. The number of anilines is 1. The molecule has 1 saturated heterocycles. The molecule has 0 radical (unpaired) electrons. The van der Waals surface area contributed by atoms with Crippen LogP contribution in [0, 0.1) is 17.5 Å². The number of imide groups is 1. The molecular formula is C22H27F3N4O4. The fraction of sp³-hybridized carbons (Fsp3) is 0.545. The third-order valence-corrected chi connectivity index (χ3v) is 6.27. The Bertz CT molecular complexity index is 965. The molecule has 8 nitrogen and oxygen atoms in total. The number of carbonyl (C=O) groups excluding carboxylic acids is 4. The Labute approximate surface area is 189 Å². The first-order valence-corrected chi connectivity index (χ1v) is 10.9. The summed E-state index contributed by atoms with van der Waals surface area (Å²) in [6.45, 7) is 0.882. The van der Waals surface area contributed by atoms with Crippen LogP contribution in [-0.2, 0) is 14.4 Å². The summed E-state index contributed by atoms with van der Waals surface area (Å²) >= 11 is 0. The summed E-state index contributed by atoms with van der Waals surface area (Å²) in [7, 11) is 1.56. The second kappa shape index (κ2) is 9.80. The van der Waals surface area contributed by atoms with Gasteiger partial charge in [0.2, 0.25) is 11.8 Å². The Morgan fingerprint density at radius 3 is 2.39 bits per heavy atom. The third-order valence-electron chi connectivity index (χ3n) is 6.27. The Morgan fingerprint density at radius 1 is 1.09 bits per heavy atom. The summed E-state index contributed by atoms with van der Waals surface area (Å²) in [6.07, 6.45) is 4.17. The number of nitrogens with one attached hydrogen (secondary N) is 1. The van der Waals surface area contributed by atoms with Crippen LogP contribution < -0.4 is 5.32 Å². The fourth-order valence-electron chi connectivity index (χ4n) is 4.45. The molecule has 1 aliphatic heterocycles. The lowest BCUT2D eigenvalue weighted by molar-refractivity contribution is -0.141. The minimum absolute atomic E-state index is 0.143. The van der Waals surface area contributed by atoms with Crippen LogP contribution in [-0.4, -0.2) is 70.7 Å². The van der Waals surface area contributed by atoms with Gasteiger partial charge in [0.05, 0.1) is 12.2 Å². The number of nitrogens with zero attached hydrogens (tertiary/aromatic N) is 3. The maximum atomic E-state index is 13.8. The van der Waals surface area contributed by atoms with Crippen LogP contribution in [0.15, 0.2) is 12.1 Å². The van der Waals surface area contributed by atoms with Crippen molar-refractivity contribution in [3.05, 3.63) is 29.6 Å². The number of halogens is 3. The summed E-state index contributed by atoms with van der Waals surface area (Å²) in [6, 6.07) is 0.990. The van der Waals surface area contributed by atoms with Crippen molar-refractivity contribution in [2.45, 2.75) is 51.0 Å². The highest BCUT2D eigenvalue weighted by Gasteiger charge is 2.56. The molecule has 5 amide bonds. The number of amides is 5. The molecule has 33 heavy (non-hydrogen) atoms. The van der Waals surface area contributed by atoms with E-state index in [1.165, 1.54) is 4.90 Å². The zero-order valence-corrected chi connectivity index (χ0v) is 18.6. The van der Waals surface area contributed by atoms with Crippen LogP contribution in [0.3, 0.4) is 0 Å². The molecule has 0 bridgehead atoms. The highest BCUT2D eigenvalue weighted by atomic mass is 19.2. The zero-order valence-electron chi connectivity index (χ0n) is 18.6. The molecule has 1 aromatic carbocycles. The molecule has 1 N–H and O–H groups in total. The number of urea groups is 1. The number of benzene rings is 1. The van der Waals surface area contributed by atoms with Gasteiger partial charge in [-0.25, -0.2) is 18.0 Å². The van der Waals surface area contributed by atoms with Gasteiger partial charge in [-0.1, -0.05) is 26.2 Å². The number of rotatable bonds is 7. The number of carbonyl (C=O) groups is 4. The van der Waals surface area contributed by atoms with Crippen molar-refractivity contribution in [1.82, 2.24) is 14.7 Å². The second-order valence-corrected chi connectivity index (χ2v) is 8.41. The minimum atomic E-state index is -1.72. The maximum absolute atomic E-state index is 13.8. The molecule has 2 aliphatic rings. The second-order valence-electron chi connectivity index (χ2n) is 8.41. The molecule has 0 unspecified atom stereocenters. The van der Waals surface area contributed by atoms with Crippen molar-refractivity contribution < 1.29 is 32.3 Å². The van der Waals surface area contributed by atoms with Gasteiger partial charge in [-0.15, -0.1) is 0 Å². The number of likely N-dealkylation sites (N-methyl/N-ethyl adjacent to an activating group) is 1. The van der Waals surface area contributed by atoms with Crippen LogP contribution in [0.5, 0.6) is 0 Å². The summed E-state index contributed by atoms with van der Waals surface area (Å²) in [5.41, 5.74) is -1.49. The highest BCUT2D eigenvalue weighted by molar-refractivity contribution is 6.09. The summed E-state index contributed by atoms with van der Waals surface area (Å²) in [4.78, 5) is 54.6. The van der Waals surface area contributed by atoms with Gasteiger partial charge < -0.3 is 15.1 Å². The van der Waals surface area contributed by atoms with Crippen molar-refractivity contribution in [3.8, 4) is 0 Å². The van der Waals surface area contributed by atoms with E-state index in [4.69, 9.17) is 0 Å². The largest absolute Gasteiger partial charge is 0.332 e. The van der Waals surface area contributed by atoms with Crippen molar-refractivity contribution >= 4 is 29.4 Å². The van der Waals surface area contributed by atoms with Gasteiger partial charge in [0.1, 0.15) is 12.1 Å². The molecule has 3 rings (SSSR count). The van der Waals surface area contributed by atoms with Gasteiger partial charge in [0.25, 0.3) is 5.91 Å². The Kier molecular flexibility index (Phi) is 7.28. The fourth-order valence-corrected chi connectivity index (χ4v) is 4.45. The van der Waals surface area contributed by atoms with Crippen molar-refractivity contribution in [3.63, 3.8) is 0 Å². The summed E-state index contributed by atoms with van der Waals surface area (Å²) in [5.74, 6) is -6.53. The van der Waals surface area contributed by atoms with E-state index in [2.05, 4.69) is 5.32 Å². The monoisotopic (exact) mass is 468 g/mol. The lowest BCUT2D eigenvalue weighted by atomic mass is 9.81. The van der Waals surface area contributed by atoms with Crippen molar-refractivity contribution in [1.29, 1.82) is 0 Å². The molecule has 1 saturated carbocycles. The van der Waals surface area contributed by atoms with Crippen molar-refractivity contribution in [2.75, 3.05) is 32.0 Å². The van der Waals surface area contributed by atoms with Crippen LogP contribution in [0.1, 0.15) is 45.4 Å². The molecule has 0 aromatic heterocycles. The zero-order chi connectivity index (χ0) is 24.3. The van der Waals surface area contributed by atoms with E-state index in [0.29, 0.717) is 25.3 Å². The van der Waals surface area contributed by atoms with Crippen LogP contribution in [0.4, 0.5) is 23.7 Å². The summed E-state index contributed by atoms with van der Waals surface area (Å²) < 4.78 is 40.3. The molecule has 180 valence electrons. The molecule has 1 spiro atoms. The van der Waals surface area contributed by atoms with E-state index in [1.807, 2.05) is 0 Å². The summed E-state index contributed by atoms with van der Waals surface area (Å²) in [5, 5.41) is 2.12. The predicted octanol–water partition coefficient (Wildman–Crippen LogP) is 2.88. The van der Waals surface area contributed by atoms with Gasteiger partial charge in [-0.3, -0.25) is 19.3 Å². The van der Waals surface area contributed by atoms with Gasteiger partial charge in [0, 0.05) is 13.6 Å². The van der Waals surface area contributed by atoms with Gasteiger partial charge in [0.15, 0.2) is 17.5 Å².